The van der Waals surface area contributed by atoms with Gasteiger partial charge in [0.2, 0.25) is 0 Å². The lowest BCUT2D eigenvalue weighted by Gasteiger charge is -2.58. The summed E-state index contributed by atoms with van der Waals surface area (Å²) in [5, 5.41) is 8.12. The maximum absolute atomic E-state index is 8.12. The molecule has 7 atom stereocenters. The van der Waals surface area contributed by atoms with Crippen molar-refractivity contribution < 1.29 is 4.74 Å². The fraction of sp³-hybridized carbons (Fsp3) is 0.783. The van der Waals surface area contributed by atoms with Crippen LogP contribution in [-0.4, -0.2) is 17.9 Å². The number of rotatable bonds is 1. The molecule has 0 radical (unpaired) electrons. The third-order valence-electron chi connectivity index (χ3n) is 9.04. The van der Waals surface area contributed by atoms with Gasteiger partial charge in [-0.25, -0.2) is 0 Å². The van der Waals surface area contributed by atoms with E-state index in [9.17, 15) is 0 Å². The van der Waals surface area contributed by atoms with E-state index in [1.54, 1.807) is 5.57 Å². The minimum atomic E-state index is 0.0474. The molecule has 1 N–H and O–H groups in total. The number of allylic oxidation sites excluding steroid dienone is 2. The van der Waals surface area contributed by atoms with Gasteiger partial charge in [0.25, 0.3) is 0 Å². The van der Waals surface area contributed by atoms with E-state index in [1.165, 1.54) is 44.9 Å². The predicted octanol–water partition coefficient (Wildman–Crippen LogP) is 5.54. The molecule has 136 valence electrons. The second-order valence-corrected chi connectivity index (χ2v) is 9.71. The van der Waals surface area contributed by atoms with Gasteiger partial charge in [0.1, 0.15) is 0 Å². The monoisotopic (exact) mass is 339 g/mol. The summed E-state index contributed by atoms with van der Waals surface area (Å²) in [6.45, 7) is 5.79. The fourth-order valence-electron chi connectivity index (χ4n) is 7.86. The van der Waals surface area contributed by atoms with Gasteiger partial charge in [-0.05, 0) is 80.6 Å². The van der Waals surface area contributed by atoms with E-state index >= 15 is 0 Å². The summed E-state index contributed by atoms with van der Waals surface area (Å²) >= 11 is 0. The van der Waals surface area contributed by atoms with Gasteiger partial charge in [0, 0.05) is 11.1 Å². The Morgan fingerprint density at radius 3 is 2.88 bits per heavy atom. The molecular formula is C23H33NO. The van der Waals surface area contributed by atoms with Crippen LogP contribution in [0, 0.1) is 40.4 Å². The van der Waals surface area contributed by atoms with Crippen LogP contribution in [0.5, 0.6) is 0 Å². The highest BCUT2D eigenvalue weighted by atomic mass is 16.5. The van der Waals surface area contributed by atoms with Crippen LogP contribution in [-0.2, 0) is 4.74 Å². The molecule has 2 heteroatoms. The summed E-state index contributed by atoms with van der Waals surface area (Å²) in [5.41, 5.74) is 2.91. The maximum atomic E-state index is 8.12. The lowest BCUT2D eigenvalue weighted by molar-refractivity contribution is -0.121. The molecule has 0 aromatic heterocycles. The zero-order valence-electron chi connectivity index (χ0n) is 15.9. The average molecular weight is 340 g/mol. The summed E-state index contributed by atoms with van der Waals surface area (Å²) in [5.74, 6) is 4.19. The standard InChI is InChI=1S/C23H33NO/c1-3-15-13-16-14-17(24)5-6-18(16)19-7-10-22(2)20(21(15)19)8-11-23(22)9-4-12-25-23/h4,9,14-15,18-21,24H,3,5-8,10-13H2,1-2H3/t15?,18-,19?,20?,21?,22-,23-/m0/s1. The molecular weight excluding hydrogens is 306 g/mol. The molecule has 1 spiro atoms. The van der Waals surface area contributed by atoms with Crippen LogP contribution in [0.2, 0.25) is 0 Å². The highest BCUT2D eigenvalue weighted by Gasteiger charge is 2.64. The largest absolute Gasteiger partial charge is 0.366 e. The van der Waals surface area contributed by atoms with Gasteiger partial charge in [-0.1, -0.05) is 38.0 Å². The van der Waals surface area contributed by atoms with Crippen molar-refractivity contribution in [1.29, 1.82) is 5.41 Å². The molecule has 0 bridgehead atoms. The Labute approximate surface area is 152 Å². The van der Waals surface area contributed by atoms with E-state index in [-0.39, 0.29) is 5.60 Å². The van der Waals surface area contributed by atoms with Crippen molar-refractivity contribution in [3.8, 4) is 0 Å². The smallest absolute Gasteiger partial charge is 0.0923 e. The van der Waals surface area contributed by atoms with Crippen LogP contribution < -0.4 is 0 Å². The summed E-state index contributed by atoms with van der Waals surface area (Å²) in [7, 11) is 0. The van der Waals surface area contributed by atoms with Gasteiger partial charge in [0.05, 0.1) is 12.2 Å². The molecule has 3 saturated carbocycles. The molecule has 4 aliphatic carbocycles. The molecule has 4 unspecified atom stereocenters. The molecule has 25 heavy (non-hydrogen) atoms. The summed E-state index contributed by atoms with van der Waals surface area (Å²) in [6, 6.07) is 0. The molecule has 5 rings (SSSR count). The Kier molecular flexibility index (Phi) is 3.62. The SMILES string of the molecule is CCC1CC2=CC(=N)CC[C@@H]2C2CC[C@@]3(C)C(CC[C@@]34C=CCO4)C12. The average Bonchev–Trinajstić information content (AvgIpc) is 3.20. The zero-order chi connectivity index (χ0) is 17.2. The Morgan fingerprint density at radius 2 is 2.12 bits per heavy atom. The van der Waals surface area contributed by atoms with Crippen LogP contribution in [0.15, 0.2) is 23.8 Å². The summed E-state index contributed by atoms with van der Waals surface area (Å²) in [4.78, 5) is 0. The van der Waals surface area contributed by atoms with Gasteiger partial charge in [0.15, 0.2) is 0 Å². The number of hydrogen-bond acceptors (Lipinski definition) is 2. The minimum absolute atomic E-state index is 0.0474. The Hall–Kier alpha value is -0.890. The Bertz CT molecular complexity index is 648. The zero-order valence-corrected chi connectivity index (χ0v) is 15.9. The first-order valence-electron chi connectivity index (χ1n) is 10.7. The van der Waals surface area contributed by atoms with Crippen molar-refractivity contribution in [1.82, 2.24) is 0 Å². The molecule has 0 aromatic rings. The lowest BCUT2D eigenvalue weighted by atomic mass is 9.48. The number of hydrogen-bond donors (Lipinski definition) is 1. The highest BCUT2D eigenvalue weighted by Crippen LogP contribution is 2.67. The number of ether oxygens (including phenoxy) is 1. The third-order valence-corrected chi connectivity index (χ3v) is 9.04. The molecule has 5 aliphatic rings. The van der Waals surface area contributed by atoms with E-state index in [2.05, 4.69) is 32.1 Å². The Balaban J connectivity index is 1.52. The molecule has 0 saturated heterocycles. The first kappa shape index (κ1) is 16.3. The van der Waals surface area contributed by atoms with E-state index in [4.69, 9.17) is 10.1 Å². The fourth-order valence-corrected chi connectivity index (χ4v) is 7.86. The Morgan fingerprint density at radius 1 is 1.24 bits per heavy atom. The van der Waals surface area contributed by atoms with Crippen molar-refractivity contribution in [3.63, 3.8) is 0 Å². The van der Waals surface area contributed by atoms with Gasteiger partial charge >= 0.3 is 0 Å². The van der Waals surface area contributed by atoms with Crippen LogP contribution >= 0.6 is 0 Å². The van der Waals surface area contributed by atoms with Gasteiger partial charge in [-0.2, -0.15) is 0 Å². The molecule has 3 fully saturated rings. The maximum Gasteiger partial charge on any atom is 0.0923 e. The van der Waals surface area contributed by atoms with Gasteiger partial charge < -0.3 is 10.1 Å². The van der Waals surface area contributed by atoms with E-state index < -0.39 is 0 Å². The van der Waals surface area contributed by atoms with Crippen LogP contribution in [0.25, 0.3) is 0 Å². The van der Waals surface area contributed by atoms with Crippen molar-refractivity contribution in [2.24, 2.45) is 35.0 Å². The highest BCUT2D eigenvalue weighted by molar-refractivity contribution is 5.93. The lowest BCUT2D eigenvalue weighted by Crippen LogP contribution is -2.54. The first-order chi connectivity index (χ1) is 12.1. The van der Waals surface area contributed by atoms with Crippen LogP contribution in [0.3, 0.4) is 0 Å². The van der Waals surface area contributed by atoms with E-state index in [0.29, 0.717) is 5.41 Å². The van der Waals surface area contributed by atoms with Crippen LogP contribution in [0.4, 0.5) is 0 Å². The molecule has 0 amide bonds. The molecule has 0 aromatic carbocycles. The van der Waals surface area contributed by atoms with Crippen molar-refractivity contribution >= 4 is 5.71 Å². The van der Waals surface area contributed by atoms with Crippen molar-refractivity contribution in [3.05, 3.63) is 23.8 Å². The topological polar surface area (TPSA) is 33.1 Å². The van der Waals surface area contributed by atoms with E-state index in [0.717, 1.165) is 48.3 Å². The van der Waals surface area contributed by atoms with Crippen molar-refractivity contribution in [2.75, 3.05) is 6.61 Å². The molecule has 1 aliphatic heterocycles. The molecule has 2 nitrogen and oxygen atoms in total. The quantitative estimate of drug-likeness (QED) is 0.625. The number of fused-ring (bicyclic) bond motifs is 6. The number of nitrogens with one attached hydrogen (secondary N) is 1. The predicted molar refractivity (Wildman–Crippen MR) is 102 cm³/mol. The first-order valence-corrected chi connectivity index (χ1v) is 10.7. The minimum Gasteiger partial charge on any atom is -0.366 e. The van der Waals surface area contributed by atoms with E-state index in [1.807, 2.05) is 0 Å². The second kappa shape index (κ2) is 5.55. The second-order valence-electron chi connectivity index (χ2n) is 9.71. The normalized spacial score (nSPS) is 51.2. The van der Waals surface area contributed by atoms with Gasteiger partial charge in [-0.3, -0.25) is 0 Å². The van der Waals surface area contributed by atoms with Crippen molar-refractivity contribution in [2.45, 2.75) is 70.8 Å². The van der Waals surface area contributed by atoms with Gasteiger partial charge in [-0.15, -0.1) is 0 Å². The summed E-state index contributed by atoms with van der Waals surface area (Å²) < 4.78 is 6.39. The van der Waals surface area contributed by atoms with Crippen LogP contribution in [0.1, 0.15) is 65.2 Å². The summed E-state index contributed by atoms with van der Waals surface area (Å²) in [6.07, 6.45) is 17.1. The molecule has 1 heterocycles. The third kappa shape index (κ3) is 2.10.